The fraction of sp³-hybridized carbons (Fsp3) is 0.500. The van der Waals surface area contributed by atoms with Crippen LogP contribution in [0.3, 0.4) is 0 Å². The molecule has 0 aliphatic carbocycles. The maximum Gasteiger partial charge on any atom is 0.222 e. The lowest BCUT2D eigenvalue weighted by molar-refractivity contribution is -0.132. The van der Waals surface area contributed by atoms with Crippen LogP contribution in [-0.4, -0.2) is 29.7 Å². The molecule has 2 rings (SSSR count). The Bertz CT molecular complexity index is 484. The maximum atomic E-state index is 12.5. The second-order valence-corrected chi connectivity index (χ2v) is 5.74. The van der Waals surface area contributed by atoms with E-state index in [4.69, 9.17) is 11.6 Å². The number of hydrogen-bond donors (Lipinski definition) is 0. The molecule has 108 valence electrons. The van der Waals surface area contributed by atoms with E-state index in [2.05, 4.69) is 0 Å². The highest BCUT2D eigenvalue weighted by molar-refractivity contribution is 6.30. The van der Waals surface area contributed by atoms with Crippen molar-refractivity contribution < 1.29 is 9.59 Å². The summed E-state index contributed by atoms with van der Waals surface area (Å²) in [4.78, 5) is 26.2. The number of carbonyl (C=O) groups excluding carboxylic acids is 2. The van der Waals surface area contributed by atoms with Gasteiger partial charge in [0.2, 0.25) is 5.91 Å². The van der Waals surface area contributed by atoms with Gasteiger partial charge in [0.05, 0.1) is 0 Å². The third-order valence-electron chi connectivity index (χ3n) is 3.74. The molecule has 0 radical (unpaired) electrons. The van der Waals surface area contributed by atoms with E-state index in [0.717, 1.165) is 25.8 Å². The van der Waals surface area contributed by atoms with Crippen LogP contribution in [0.4, 0.5) is 0 Å². The third kappa shape index (κ3) is 3.60. The predicted octanol–water partition coefficient (Wildman–Crippen LogP) is 3.56. The molecule has 20 heavy (non-hydrogen) atoms. The lowest BCUT2D eigenvalue weighted by Gasteiger charge is -2.32. The average Bonchev–Trinajstić information content (AvgIpc) is 2.48. The van der Waals surface area contributed by atoms with Crippen molar-refractivity contribution in [3.8, 4) is 0 Å². The van der Waals surface area contributed by atoms with E-state index < -0.39 is 0 Å². The molecule has 0 bridgehead atoms. The van der Waals surface area contributed by atoms with Gasteiger partial charge in [-0.05, 0) is 43.5 Å². The Hall–Kier alpha value is -1.35. The monoisotopic (exact) mass is 293 g/mol. The molecule has 1 saturated heterocycles. The molecule has 3 nitrogen and oxygen atoms in total. The van der Waals surface area contributed by atoms with E-state index in [1.807, 2.05) is 11.8 Å². The predicted molar refractivity (Wildman–Crippen MR) is 80.0 cm³/mol. The Labute approximate surface area is 124 Å². The van der Waals surface area contributed by atoms with Crippen LogP contribution in [0.25, 0.3) is 0 Å². The van der Waals surface area contributed by atoms with E-state index in [0.29, 0.717) is 23.6 Å². The fourth-order valence-electron chi connectivity index (χ4n) is 2.64. The number of piperidine rings is 1. The zero-order chi connectivity index (χ0) is 14.5. The third-order valence-corrected chi connectivity index (χ3v) is 3.99. The Kier molecular flexibility index (Phi) is 5.18. The molecule has 0 saturated carbocycles. The van der Waals surface area contributed by atoms with E-state index in [1.165, 1.54) is 0 Å². The molecule has 1 aromatic rings. The first kappa shape index (κ1) is 15.0. The van der Waals surface area contributed by atoms with Crippen molar-refractivity contribution in [2.24, 2.45) is 5.92 Å². The lowest BCUT2D eigenvalue weighted by atomic mass is 9.90. The number of ketones is 1. The van der Waals surface area contributed by atoms with Crippen LogP contribution < -0.4 is 0 Å². The van der Waals surface area contributed by atoms with Gasteiger partial charge in [-0.15, -0.1) is 0 Å². The first-order valence-electron chi connectivity index (χ1n) is 7.19. The van der Waals surface area contributed by atoms with E-state index >= 15 is 0 Å². The fourth-order valence-corrected chi connectivity index (χ4v) is 2.77. The van der Waals surface area contributed by atoms with Crippen molar-refractivity contribution in [3.63, 3.8) is 0 Å². The second-order valence-electron chi connectivity index (χ2n) is 5.30. The summed E-state index contributed by atoms with van der Waals surface area (Å²) >= 11 is 5.84. The molecule has 1 aliphatic rings. The molecule has 4 heteroatoms. The van der Waals surface area contributed by atoms with Gasteiger partial charge in [-0.1, -0.05) is 18.5 Å². The van der Waals surface area contributed by atoms with Gasteiger partial charge < -0.3 is 4.90 Å². The van der Waals surface area contributed by atoms with Crippen molar-refractivity contribution >= 4 is 23.3 Å². The highest BCUT2D eigenvalue weighted by Crippen LogP contribution is 2.22. The summed E-state index contributed by atoms with van der Waals surface area (Å²) in [5.74, 6) is 0.211. The standard InChI is InChI=1S/C16H20ClNO2/c1-2-4-15(19)18-10-3-5-13(11-18)16(20)12-6-8-14(17)9-7-12/h6-9,13H,2-5,10-11H2,1H3. The summed E-state index contributed by atoms with van der Waals surface area (Å²) in [7, 11) is 0. The first-order valence-corrected chi connectivity index (χ1v) is 7.57. The topological polar surface area (TPSA) is 37.4 Å². The Morgan fingerprint density at radius 3 is 2.65 bits per heavy atom. The number of Topliss-reactive ketones (excluding diaryl/α,β-unsaturated/α-hetero) is 1. The minimum Gasteiger partial charge on any atom is -0.342 e. The van der Waals surface area contributed by atoms with Crippen molar-refractivity contribution in [2.75, 3.05) is 13.1 Å². The van der Waals surface area contributed by atoms with E-state index in [9.17, 15) is 9.59 Å². The van der Waals surface area contributed by atoms with Crippen LogP contribution in [0.1, 0.15) is 43.0 Å². The summed E-state index contributed by atoms with van der Waals surface area (Å²) < 4.78 is 0. The number of halogens is 1. The summed E-state index contributed by atoms with van der Waals surface area (Å²) in [6, 6.07) is 6.99. The Morgan fingerprint density at radius 2 is 2.00 bits per heavy atom. The van der Waals surface area contributed by atoms with Crippen LogP contribution >= 0.6 is 11.6 Å². The number of hydrogen-bond acceptors (Lipinski definition) is 2. The normalized spacial score (nSPS) is 18.9. The number of amides is 1. The van der Waals surface area contributed by atoms with Crippen LogP contribution in [-0.2, 0) is 4.79 Å². The maximum absolute atomic E-state index is 12.5. The number of nitrogens with zero attached hydrogens (tertiary/aromatic N) is 1. The summed E-state index contributed by atoms with van der Waals surface area (Å²) in [5, 5.41) is 0.630. The number of likely N-dealkylation sites (tertiary alicyclic amines) is 1. The second kappa shape index (κ2) is 6.89. The highest BCUT2D eigenvalue weighted by Gasteiger charge is 2.28. The molecular formula is C16H20ClNO2. The van der Waals surface area contributed by atoms with E-state index in [-0.39, 0.29) is 17.6 Å². The van der Waals surface area contributed by atoms with Crippen molar-refractivity contribution in [1.29, 1.82) is 0 Å². The lowest BCUT2D eigenvalue weighted by Crippen LogP contribution is -2.42. The molecule has 1 unspecified atom stereocenters. The van der Waals surface area contributed by atoms with Crippen molar-refractivity contribution in [1.82, 2.24) is 4.90 Å². The average molecular weight is 294 g/mol. The molecule has 1 amide bonds. The van der Waals surface area contributed by atoms with Gasteiger partial charge in [0.15, 0.2) is 5.78 Å². The zero-order valence-corrected chi connectivity index (χ0v) is 12.5. The van der Waals surface area contributed by atoms with Crippen LogP contribution in [0.15, 0.2) is 24.3 Å². The minimum absolute atomic E-state index is 0.0780. The highest BCUT2D eigenvalue weighted by atomic mass is 35.5. The van der Waals surface area contributed by atoms with Gasteiger partial charge in [0.1, 0.15) is 0 Å². The van der Waals surface area contributed by atoms with Crippen molar-refractivity contribution in [3.05, 3.63) is 34.9 Å². The van der Waals surface area contributed by atoms with Crippen LogP contribution in [0.2, 0.25) is 5.02 Å². The molecule has 1 aliphatic heterocycles. The molecule has 0 aromatic heterocycles. The van der Waals surface area contributed by atoms with Gasteiger partial charge in [-0.25, -0.2) is 0 Å². The molecule has 0 N–H and O–H groups in total. The quantitative estimate of drug-likeness (QED) is 0.796. The number of carbonyl (C=O) groups is 2. The summed E-state index contributed by atoms with van der Waals surface area (Å²) in [6.45, 7) is 3.34. The molecule has 1 heterocycles. The number of benzene rings is 1. The van der Waals surface area contributed by atoms with Gasteiger partial charge in [0.25, 0.3) is 0 Å². The summed E-state index contributed by atoms with van der Waals surface area (Å²) in [6.07, 6.45) is 3.18. The molecular weight excluding hydrogens is 274 g/mol. The van der Waals surface area contributed by atoms with Crippen LogP contribution in [0.5, 0.6) is 0 Å². The zero-order valence-electron chi connectivity index (χ0n) is 11.8. The Morgan fingerprint density at radius 1 is 1.30 bits per heavy atom. The van der Waals surface area contributed by atoms with E-state index in [1.54, 1.807) is 24.3 Å². The molecule has 1 atom stereocenters. The van der Waals surface area contributed by atoms with Gasteiger partial charge in [-0.2, -0.15) is 0 Å². The van der Waals surface area contributed by atoms with Crippen LogP contribution in [0, 0.1) is 5.92 Å². The van der Waals surface area contributed by atoms with Gasteiger partial charge in [0, 0.05) is 36.0 Å². The summed E-state index contributed by atoms with van der Waals surface area (Å²) in [5.41, 5.74) is 0.684. The molecule has 1 aromatic carbocycles. The number of rotatable bonds is 4. The largest absolute Gasteiger partial charge is 0.342 e. The van der Waals surface area contributed by atoms with Gasteiger partial charge >= 0.3 is 0 Å². The minimum atomic E-state index is -0.0780. The Balaban J connectivity index is 2.03. The van der Waals surface area contributed by atoms with Crippen molar-refractivity contribution in [2.45, 2.75) is 32.6 Å². The molecule has 1 fully saturated rings. The van der Waals surface area contributed by atoms with Gasteiger partial charge in [-0.3, -0.25) is 9.59 Å². The molecule has 0 spiro atoms. The smallest absolute Gasteiger partial charge is 0.222 e. The SMILES string of the molecule is CCCC(=O)N1CCCC(C(=O)c2ccc(Cl)cc2)C1. The first-order chi connectivity index (χ1) is 9.61.